The van der Waals surface area contributed by atoms with Crippen LogP contribution in [-0.2, 0) is 4.79 Å². The SMILES string of the molecule is CC(C)(C(=O)O)C1CCCN(c2cnc3ccccc3n2)C1. The van der Waals surface area contributed by atoms with Crippen LogP contribution in [0.1, 0.15) is 26.7 Å². The van der Waals surface area contributed by atoms with Gasteiger partial charge in [0.05, 0.1) is 22.6 Å². The molecule has 1 aromatic carbocycles. The summed E-state index contributed by atoms with van der Waals surface area (Å²) in [5, 5.41) is 9.45. The van der Waals surface area contributed by atoms with Gasteiger partial charge >= 0.3 is 5.97 Å². The lowest BCUT2D eigenvalue weighted by molar-refractivity contribution is -0.150. The minimum absolute atomic E-state index is 0.118. The van der Waals surface area contributed by atoms with Gasteiger partial charge in [0.2, 0.25) is 0 Å². The Kier molecular flexibility index (Phi) is 3.72. The van der Waals surface area contributed by atoms with Crippen molar-refractivity contribution in [2.75, 3.05) is 18.0 Å². The number of carbonyl (C=O) groups is 1. The predicted octanol–water partition coefficient (Wildman–Crippen LogP) is 2.96. The van der Waals surface area contributed by atoms with Gasteiger partial charge in [-0.3, -0.25) is 9.78 Å². The van der Waals surface area contributed by atoms with Gasteiger partial charge in [-0.2, -0.15) is 0 Å². The summed E-state index contributed by atoms with van der Waals surface area (Å²) in [5.74, 6) is 0.223. The Morgan fingerprint density at radius 3 is 2.77 bits per heavy atom. The Bertz CT molecular complexity index is 699. The van der Waals surface area contributed by atoms with Crippen molar-refractivity contribution < 1.29 is 9.90 Å². The third-order valence-electron chi connectivity index (χ3n) is 4.75. The van der Waals surface area contributed by atoms with Crippen LogP contribution >= 0.6 is 0 Å². The van der Waals surface area contributed by atoms with Gasteiger partial charge in [-0.15, -0.1) is 0 Å². The largest absolute Gasteiger partial charge is 0.481 e. The maximum Gasteiger partial charge on any atom is 0.309 e. The van der Waals surface area contributed by atoms with Crippen LogP contribution in [0.2, 0.25) is 0 Å². The Hall–Kier alpha value is -2.17. The predicted molar refractivity (Wildman–Crippen MR) is 85.9 cm³/mol. The first-order chi connectivity index (χ1) is 10.5. The van der Waals surface area contributed by atoms with E-state index in [1.807, 2.05) is 38.1 Å². The number of fused-ring (bicyclic) bond motifs is 1. The monoisotopic (exact) mass is 299 g/mol. The molecule has 1 aromatic heterocycles. The van der Waals surface area contributed by atoms with Crippen molar-refractivity contribution in [1.29, 1.82) is 0 Å². The summed E-state index contributed by atoms with van der Waals surface area (Å²) in [6, 6.07) is 7.80. The Balaban J connectivity index is 1.85. The van der Waals surface area contributed by atoms with Gasteiger partial charge in [0.25, 0.3) is 0 Å². The molecule has 1 saturated heterocycles. The summed E-state index contributed by atoms with van der Waals surface area (Å²) in [7, 11) is 0. The molecule has 1 N–H and O–H groups in total. The summed E-state index contributed by atoms with van der Waals surface area (Å²) in [6.07, 6.45) is 3.71. The molecule has 0 saturated carbocycles. The van der Waals surface area contributed by atoms with Crippen LogP contribution in [0, 0.1) is 11.3 Å². The lowest BCUT2D eigenvalue weighted by Gasteiger charge is -2.39. The Morgan fingerprint density at radius 1 is 1.32 bits per heavy atom. The van der Waals surface area contributed by atoms with Crippen LogP contribution in [-0.4, -0.2) is 34.1 Å². The summed E-state index contributed by atoms with van der Waals surface area (Å²) >= 11 is 0. The minimum Gasteiger partial charge on any atom is -0.481 e. The number of carboxylic acid groups (broad SMARTS) is 1. The van der Waals surface area contributed by atoms with E-state index in [4.69, 9.17) is 0 Å². The number of benzene rings is 1. The molecule has 2 aromatic rings. The Morgan fingerprint density at radius 2 is 2.05 bits per heavy atom. The molecule has 0 spiro atoms. The van der Waals surface area contributed by atoms with E-state index in [2.05, 4.69) is 14.9 Å². The number of hydrogen-bond acceptors (Lipinski definition) is 4. The van der Waals surface area contributed by atoms with Crippen LogP contribution in [0.15, 0.2) is 30.5 Å². The molecule has 0 amide bonds. The second-order valence-corrected chi connectivity index (χ2v) is 6.53. The van der Waals surface area contributed by atoms with Crippen LogP contribution < -0.4 is 4.90 Å². The number of hydrogen-bond donors (Lipinski definition) is 1. The number of piperidine rings is 1. The maximum atomic E-state index is 11.5. The molecular weight excluding hydrogens is 278 g/mol. The lowest BCUT2D eigenvalue weighted by Crippen LogP contribution is -2.45. The first-order valence-electron chi connectivity index (χ1n) is 7.68. The number of rotatable bonds is 3. The zero-order valence-electron chi connectivity index (χ0n) is 13.0. The van der Waals surface area contributed by atoms with Crippen molar-refractivity contribution >= 4 is 22.8 Å². The second-order valence-electron chi connectivity index (χ2n) is 6.53. The van der Waals surface area contributed by atoms with E-state index >= 15 is 0 Å². The number of nitrogens with zero attached hydrogens (tertiary/aromatic N) is 3. The molecule has 0 bridgehead atoms. The Labute approximate surface area is 130 Å². The van der Waals surface area contributed by atoms with Gasteiger partial charge < -0.3 is 10.0 Å². The van der Waals surface area contributed by atoms with Gasteiger partial charge in [-0.1, -0.05) is 12.1 Å². The van der Waals surface area contributed by atoms with E-state index in [0.29, 0.717) is 6.54 Å². The lowest BCUT2D eigenvalue weighted by atomic mass is 9.74. The number of aliphatic carboxylic acids is 1. The van der Waals surface area contributed by atoms with Gasteiger partial charge in [0.1, 0.15) is 5.82 Å². The summed E-state index contributed by atoms with van der Waals surface area (Å²) < 4.78 is 0. The first kappa shape index (κ1) is 14.8. The third-order valence-corrected chi connectivity index (χ3v) is 4.75. The number of aromatic nitrogens is 2. The molecule has 1 unspecified atom stereocenters. The minimum atomic E-state index is -0.732. The first-order valence-corrected chi connectivity index (χ1v) is 7.68. The fourth-order valence-corrected chi connectivity index (χ4v) is 3.05. The van der Waals surface area contributed by atoms with Gasteiger partial charge in [0.15, 0.2) is 0 Å². The van der Waals surface area contributed by atoms with Gasteiger partial charge in [0, 0.05) is 13.1 Å². The van der Waals surface area contributed by atoms with Gasteiger partial charge in [-0.25, -0.2) is 4.98 Å². The molecule has 1 fully saturated rings. The van der Waals surface area contributed by atoms with Crippen molar-refractivity contribution in [1.82, 2.24) is 9.97 Å². The number of para-hydroxylation sites is 2. The molecule has 5 nitrogen and oxygen atoms in total. The molecule has 5 heteroatoms. The molecule has 116 valence electrons. The highest BCUT2D eigenvalue weighted by Crippen LogP contribution is 2.35. The van der Waals surface area contributed by atoms with Crippen LogP contribution in [0.3, 0.4) is 0 Å². The molecule has 2 heterocycles. The van der Waals surface area contributed by atoms with E-state index in [1.165, 1.54) is 0 Å². The van der Waals surface area contributed by atoms with E-state index in [9.17, 15) is 9.90 Å². The number of anilines is 1. The quantitative estimate of drug-likeness (QED) is 0.944. The van der Waals surface area contributed by atoms with E-state index < -0.39 is 11.4 Å². The average molecular weight is 299 g/mol. The van der Waals surface area contributed by atoms with Crippen LogP contribution in [0.4, 0.5) is 5.82 Å². The van der Waals surface area contributed by atoms with Crippen molar-refractivity contribution in [3.63, 3.8) is 0 Å². The van der Waals surface area contributed by atoms with Crippen molar-refractivity contribution in [3.05, 3.63) is 30.5 Å². The summed E-state index contributed by atoms with van der Waals surface area (Å²) in [6.45, 7) is 5.25. The van der Waals surface area contributed by atoms with Crippen molar-refractivity contribution in [3.8, 4) is 0 Å². The molecule has 1 aliphatic rings. The summed E-state index contributed by atoms with van der Waals surface area (Å²) in [5.41, 5.74) is 1.04. The topological polar surface area (TPSA) is 66.3 Å². The highest BCUT2D eigenvalue weighted by atomic mass is 16.4. The fourth-order valence-electron chi connectivity index (χ4n) is 3.05. The fraction of sp³-hybridized carbons (Fsp3) is 0.471. The molecule has 0 aliphatic carbocycles. The molecule has 3 rings (SSSR count). The molecule has 1 aliphatic heterocycles. The average Bonchev–Trinajstić information content (AvgIpc) is 2.54. The number of carboxylic acids is 1. The van der Waals surface area contributed by atoms with Gasteiger partial charge in [-0.05, 0) is 44.7 Å². The van der Waals surface area contributed by atoms with E-state index in [-0.39, 0.29) is 5.92 Å². The molecule has 1 atom stereocenters. The molecule has 22 heavy (non-hydrogen) atoms. The zero-order valence-corrected chi connectivity index (χ0v) is 13.0. The van der Waals surface area contributed by atoms with E-state index in [0.717, 1.165) is 36.2 Å². The third kappa shape index (κ3) is 2.63. The zero-order chi connectivity index (χ0) is 15.7. The van der Waals surface area contributed by atoms with Crippen LogP contribution in [0.25, 0.3) is 11.0 Å². The standard InChI is InChI=1S/C17H21N3O2/c1-17(2,16(21)22)12-6-5-9-20(11-12)15-10-18-13-7-3-4-8-14(13)19-15/h3-4,7-8,10,12H,5-6,9,11H2,1-2H3,(H,21,22). The maximum absolute atomic E-state index is 11.5. The van der Waals surface area contributed by atoms with E-state index in [1.54, 1.807) is 6.20 Å². The highest BCUT2D eigenvalue weighted by molar-refractivity contribution is 5.76. The van der Waals surface area contributed by atoms with Crippen molar-refractivity contribution in [2.24, 2.45) is 11.3 Å². The molecular formula is C17H21N3O2. The van der Waals surface area contributed by atoms with Crippen molar-refractivity contribution in [2.45, 2.75) is 26.7 Å². The smallest absolute Gasteiger partial charge is 0.309 e. The second kappa shape index (κ2) is 5.55. The summed E-state index contributed by atoms with van der Waals surface area (Å²) in [4.78, 5) is 22.8. The molecule has 0 radical (unpaired) electrons. The normalized spacial score (nSPS) is 19.4. The highest BCUT2D eigenvalue weighted by Gasteiger charge is 2.39. The van der Waals surface area contributed by atoms with Crippen LogP contribution in [0.5, 0.6) is 0 Å².